The molecule has 23 heavy (non-hydrogen) atoms. The summed E-state index contributed by atoms with van der Waals surface area (Å²) in [4.78, 5) is 27.5. The van der Waals surface area contributed by atoms with Crippen molar-refractivity contribution in [3.63, 3.8) is 0 Å². The van der Waals surface area contributed by atoms with Crippen molar-refractivity contribution >= 4 is 5.91 Å². The summed E-state index contributed by atoms with van der Waals surface area (Å²) in [6.45, 7) is 0. The standard InChI is InChI=1S/C17H14N4O2/c22-15-7-6-14(20-21-15)17(23)19-16(12-4-2-1-3-5-12)13-8-10-18-11-9-13/h1-11,16H,(H,19,23)(H,21,22). The molecule has 3 aromatic rings. The van der Waals surface area contributed by atoms with Gasteiger partial charge in [-0.1, -0.05) is 30.3 Å². The van der Waals surface area contributed by atoms with Crippen LogP contribution >= 0.6 is 0 Å². The number of hydrogen-bond acceptors (Lipinski definition) is 4. The van der Waals surface area contributed by atoms with E-state index in [1.54, 1.807) is 12.4 Å². The van der Waals surface area contributed by atoms with E-state index in [2.05, 4.69) is 20.5 Å². The van der Waals surface area contributed by atoms with E-state index in [0.29, 0.717) is 0 Å². The Morgan fingerprint density at radius 1 is 0.957 bits per heavy atom. The highest BCUT2D eigenvalue weighted by Crippen LogP contribution is 2.21. The van der Waals surface area contributed by atoms with Crippen LogP contribution in [0, 0.1) is 0 Å². The number of amides is 1. The minimum atomic E-state index is -0.369. The molecule has 1 unspecified atom stereocenters. The van der Waals surface area contributed by atoms with Gasteiger partial charge in [0.25, 0.3) is 11.5 Å². The third kappa shape index (κ3) is 3.49. The zero-order chi connectivity index (χ0) is 16.1. The van der Waals surface area contributed by atoms with Gasteiger partial charge in [-0.2, -0.15) is 5.10 Å². The summed E-state index contributed by atoms with van der Waals surface area (Å²) >= 11 is 0. The van der Waals surface area contributed by atoms with Crippen LogP contribution in [0.25, 0.3) is 0 Å². The van der Waals surface area contributed by atoms with Crippen molar-refractivity contribution in [2.75, 3.05) is 0 Å². The maximum atomic E-state index is 12.4. The lowest BCUT2D eigenvalue weighted by atomic mass is 9.99. The van der Waals surface area contributed by atoms with E-state index in [-0.39, 0.29) is 23.2 Å². The van der Waals surface area contributed by atoms with Crippen molar-refractivity contribution in [3.05, 3.63) is 94.2 Å². The molecule has 0 fully saturated rings. The van der Waals surface area contributed by atoms with Gasteiger partial charge in [0.1, 0.15) is 5.69 Å². The summed E-state index contributed by atoms with van der Waals surface area (Å²) in [7, 11) is 0. The third-order valence-corrected chi connectivity index (χ3v) is 3.36. The van der Waals surface area contributed by atoms with E-state index in [9.17, 15) is 9.59 Å². The number of H-pyrrole nitrogens is 1. The predicted octanol–water partition coefficient (Wildman–Crippen LogP) is 1.68. The first kappa shape index (κ1) is 14.6. The fraction of sp³-hybridized carbons (Fsp3) is 0.0588. The minimum Gasteiger partial charge on any atom is -0.340 e. The van der Waals surface area contributed by atoms with Crippen LogP contribution in [0.1, 0.15) is 27.7 Å². The normalized spacial score (nSPS) is 11.7. The van der Waals surface area contributed by atoms with Gasteiger partial charge in [0.15, 0.2) is 0 Å². The van der Waals surface area contributed by atoms with Crippen molar-refractivity contribution in [1.82, 2.24) is 20.5 Å². The first-order chi connectivity index (χ1) is 11.2. The van der Waals surface area contributed by atoms with Crippen LogP contribution in [0.5, 0.6) is 0 Å². The Hall–Kier alpha value is -3.28. The molecule has 6 heteroatoms. The monoisotopic (exact) mass is 306 g/mol. The second kappa shape index (κ2) is 6.65. The van der Waals surface area contributed by atoms with Crippen LogP contribution in [0.2, 0.25) is 0 Å². The van der Waals surface area contributed by atoms with Crippen LogP contribution < -0.4 is 10.9 Å². The number of nitrogens with one attached hydrogen (secondary N) is 2. The van der Waals surface area contributed by atoms with Crippen molar-refractivity contribution in [3.8, 4) is 0 Å². The van der Waals surface area contributed by atoms with Gasteiger partial charge in [0.05, 0.1) is 6.04 Å². The predicted molar refractivity (Wildman–Crippen MR) is 84.8 cm³/mol. The first-order valence-electron chi connectivity index (χ1n) is 7.05. The number of aromatic nitrogens is 3. The molecule has 0 saturated heterocycles. The highest BCUT2D eigenvalue weighted by Gasteiger charge is 2.18. The molecule has 6 nitrogen and oxygen atoms in total. The van der Waals surface area contributed by atoms with E-state index >= 15 is 0 Å². The molecule has 0 radical (unpaired) electrons. The summed E-state index contributed by atoms with van der Waals surface area (Å²) in [6, 6.07) is 15.6. The summed E-state index contributed by atoms with van der Waals surface area (Å²) in [5.41, 5.74) is 1.65. The SMILES string of the molecule is O=C(NC(c1ccccc1)c1ccncc1)c1ccc(=O)[nH]n1. The average Bonchev–Trinajstić information content (AvgIpc) is 2.61. The van der Waals surface area contributed by atoms with E-state index in [4.69, 9.17) is 0 Å². The molecule has 2 heterocycles. The largest absolute Gasteiger partial charge is 0.340 e. The van der Waals surface area contributed by atoms with Crippen LogP contribution in [0.4, 0.5) is 0 Å². The Bertz CT molecular complexity index is 787. The molecule has 0 aliphatic carbocycles. The Morgan fingerprint density at radius 3 is 2.30 bits per heavy atom. The average molecular weight is 306 g/mol. The Balaban J connectivity index is 1.92. The summed E-state index contributed by atoms with van der Waals surface area (Å²) in [5, 5.41) is 8.95. The molecule has 0 aliphatic heterocycles. The molecular formula is C17H14N4O2. The molecule has 3 rings (SSSR count). The molecule has 0 spiro atoms. The fourth-order valence-corrected chi connectivity index (χ4v) is 2.24. The zero-order valence-electron chi connectivity index (χ0n) is 12.1. The summed E-state index contributed by atoms with van der Waals surface area (Å²) in [5.74, 6) is -0.369. The van der Waals surface area contributed by atoms with Crippen LogP contribution in [0.3, 0.4) is 0 Å². The van der Waals surface area contributed by atoms with Crippen molar-refractivity contribution in [1.29, 1.82) is 0 Å². The van der Waals surface area contributed by atoms with Gasteiger partial charge in [0, 0.05) is 18.5 Å². The van der Waals surface area contributed by atoms with Gasteiger partial charge in [-0.05, 0) is 29.3 Å². The van der Waals surface area contributed by atoms with Gasteiger partial charge >= 0.3 is 0 Å². The van der Waals surface area contributed by atoms with E-state index < -0.39 is 0 Å². The molecule has 2 aromatic heterocycles. The molecular weight excluding hydrogens is 292 g/mol. The maximum Gasteiger partial charge on any atom is 0.272 e. The van der Waals surface area contributed by atoms with Gasteiger partial charge < -0.3 is 5.32 Å². The van der Waals surface area contributed by atoms with Gasteiger partial charge in [-0.15, -0.1) is 0 Å². The molecule has 1 amide bonds. The van der Waals surface area contributed by atoms with E-state index in [1.165, 1.54) is 12.1 Å². The number of pyridine rings is 1. The Morgan fingerprint density at radius 2 is 1.65 bits per heavy atom. The number of hydrogen-bond donors (Lipinski definition) is 2. The number of aromatic amines is 1. The van der Waals surface area contributed by atoms with E-state index in [1.807, 2.05) is 42.5 Å². The lowest BCUT2D eigenvalue weighted by molar-refractivity contribution is 0.0937. The van der Waals surface area contributed by atoms with Crippen molar-refractivity contribution < 1.29 is 4.79 Å². The molecule has 1 atom stereocenters. The molecule has 114 valence electrons. The minimum absolute atomic E-state index is 0.152. The molecule has 1 aromatic carbocycles. The number of benzene rings is 1. The zero-order valence-corrected chi connectivity index (χ0v) is 12.1. The van der Waals surface area contributed by atoms with Crippen LogP contribution in [-0.4, -0.2) is 21.1 Å². The molecule has 0 saturated carbocycles. The molecule has 0 aliphatic rings. The number of carbonyl (C=O) groups is 1. The van der Waals surface area contributed by atoms with E-state index in [0.717, 1.165) is 11.1 Å². The van der Waals surface area contributed by atoms with Gasteiger partial charge in [-0.3, -0.25) is 14.6 Å². The van der Waals surface area contributed by atoms with Gasteiger partial charge in [0.2, 0.25) is 0 Å². The quantitative estimate of drug-likeness (QED) is 0.767. The van der Waals surface area contributed by atoms with Crippen LogP contribution in [-0.2, 0) is 0 Å². The highest BCUT2D eigenvalue weighted by atomic mass is 16.2. The first-order valence-corrected chi connectivity index (χ1v) is 7.05. The number of rotatable bonds is 4. The molecule has 0 bridgehead atoms. The second-order valence-electron chi connectivity index (χ2n) is 4.90. The highest BCUT2D eigenvalue weighted by molar-refractivity contribution is 5.92. The summed E-state index contributed by atoms with van der Waals surface area (Å²) < 4.78 is 0. The topological polar surface area (TPSA) is 87.7 Å². The molecule has 2 N–H and O–H groups in total. The van der Waals surface area contributed by atoms with Crippen molar-refractivity contribution in [2.45, 2.75) is 6.04 Å². The van der Waals surface area contributed by atoms with Gasteiger partial charge in [-0.25, -0.2) is 5.10 Å². The lowest BCUT2D eigenvalue weighted by Crippen LogP contribution is -2.30. The fourth-order valence-electron chi connectivity index (χ4n) is 2.24. The number of carbonyl (C=O) groups excluding carboxylic acids is 1. The summed E-state index contributed by atoms with van der Waals surface area (Å²) in [6.07, 6.45) is 3.35. The maximum absolute atomic E-state index is 12.4. The smallest absolute Gasteiger partial charge is 0.272 e. The second-order valence-corrected chi connectivity index (χ2v) is 4.90. The Kier molecular flexibility index (Phi) is 4.24. The number of nitrogens with zero attached hydrogens (tertiary/aromatic N) is 2. The third-order valence-electron chi connectivity index (χ3n) is 3.36. The Labute approximate surface area is 132 Å². The van der Waals surface area contributed by atoms with Crippen LogP contribution in [0.15, 0.2) is 71.8 Å². The van der Waals surface area contributed by atoms with Crippen molar-refractivity contribution in [2.24, 2.45) is 0 Å². The lowest BCUT2D eigenvalue weighted by Gasteiger charge is -2.19.